The van der Waals surface area contributed by atoms with Crippen LogP contribution in [-0.4, -0.2) is 55.1 Å². The van der Waals surface area contributed by atoms with E-state index in [0.717, 1.165) is 70.2 Å². The number of hydrogen-bond donors (Lipinski definition) is 1. The van der Waals surface area contributed by atoms with E-state index >= 15 is 0 Å². The van der Waals surface area contributed by atoms with E-state index in [-0.39, 0.29) is 11.7 Å². The molecule has 0 aliphatic carbocycles. The molecule has 1 aromatic rings. The molecule has 4 nitrogen and oxygen atoms in total. The maximum absolute atomic E-state index is 13.7. The summed E-state index contributed by atoms with van der Waals surface area (Å²) in [4.78, 5) is 2.08. The molecular formula is C18H25F2NO3. The van der Waals surface area contributed by atoms with Gasteiger partial charge in [0.05, 0.1) is 18.3 Å². The fourth-order valence-electron chi connectivity index (χ4n) is 3.43. The maximum Gasteiger partial charge on any atom is 0.129 e. The van der Waals surface area contributed by atoms with Gasteiger partial charge in [-0.3, -0.25) is 0 Å². The average molecular weight is 341 g/mol. The average Bonchev–Trinajstić information content (AvgIpc) is 2.59. The zero-order valence-corrected chi connectivity index (χ0v) is 13.8. The van der Waals surface area contributed by atoms with Gasteiger partial charge in [0.2, 0.25) is 0 Å². The maximum atomic E-state index is 13.7. The second-order valence-corrected chi connectivity index (χ2v) is 6.63. The van der Waals surface area contributed by atoms with Gasteiger partial charge in [0.15, 0.2) is 0 Å². The molecule has 3 rings (SSSR count). The lowest BCUT2D eigenvalue weighted by Crippen LogP contribution is -2.41. The smallest absolute Gasteiger partial charge is 0.129 e. The summed E-state index contributed by atoms with van der Waals surface area (Å²) in [6, 6.07) is 3.19. The fourth-order valence-corrected chi connectivity index (χ4v) is 3.43. The second kappa shape index (κ2) is 8.34. The summed E-state index contributed by atoms with van der Waals surface area (Å²) in [5.74, 6) is -1.10. The number of piperidine rings is 1. The highest BCUT2D eigenvalue weighted by Crippen LogP contribution is 2.23. The summed E-state index contributed by atoms with van der Waals surface area (Å²) in [5, 5.41) is 10.2. The van der Waals surface area contributed by atoms with E-state index in [1.807, 2.05) is 0 Å². The van der Waals surface area contributed by atoms with Crippen molar-refractivity contribution in [1.82, 2.24) is 4.90 Å². The standard InChI is InChI=1S/C18H25F2NO3/c19-13-1-2-17(20)16(11-13)18(22)12-21-7-3-14(4-8-21)24-15-5-9-23-10-6-15/h1-2,11,14-15,18,22H,3-10,12H2. The minimum absolute atomic E-state index is 0.0237. The molecule has 2 aliphatic heterocycles. The largest absolute Gasteiger partial charge is 0.387 e. The first-order valence-electron chi connectivity index (χ1n) is 8.70. The van der Waals surface area contributed by atoms with Gasteiger partial charge in [-0.05, 0) is 43.9 Å². The zero-order valence-electron chi connectivity index (χ0n) is 13.8. The molecule has 0 bridgehead atoms. The number of β-amino-alcohol motifs (C(OH)–C–C–N with tert-alkyl or cyclic N) is 1. The minimum atomic E-state index is -1.02. The van der Waals surface area contributed by atoms with Crippen LogP contribution in [0.2, 0.25) is 0 Å². The molecule has 2 fully saturated rings. The lowest BCUT2D eigenvalue weighted by atomic mass is 10.0. The molecule has 134 valence electrons. The van der Waals surface area contributed by atoms with Gasteiger partial charge in [0, 0.05) is 38.4 Å². The highest BCUT2D eigenvalue weighted by atomic mass is 19.1. The van der Waals surface area contributed by atoms with Crippen LogP contribution in [0.1, 0.15) is 37.4 Å². The van der Waals surface area contributed by atoms with Gasteiger partial charge in [-0.25, -0.2) is 8.78 Å². The summed E-state index contributed by atoms with van der Waals surface area (Å²) in [5.41, 5.74) is 0.0237. The van der Waals surface area contributed by atoms with Gasteiger partial charge in [-0.2, -0.15) is 0 Å². The summed E-state index contributed by atoms with van der Waals surface area (Å²) >= 11 is 0. The predicted molar refractivity (Wildman–Crippen MR) is 85.7 cm³/mol. The van der Waals surface area contributed by atoms with Crippen molar-refractivity contribution in [2.45, 2.75) is 44.0 Å². The Morgan fingerprint density at radius 3 is 2.50 bits per heavy atom. The molecule has 24 heavy (non-hydrogen) atoms. The van der Waals surface area contributed by atoms with Crippen molar-refractivity contribution in [3.63, 3.8) is 0 Å². The number of nitrogens with zero attached hydrogens (tertiary/aromatic N) is 1. The van der Waals surface area contributed by atoms with E-state index in [1.54, 1.807) is 0 Å². The van der Waals surface area contributed by atoms with Crippen LogP contribution in [0, 0.1) is 11.6 Å². The first kappa shape index (κ1) is 17.7. The van der Waals surface area contributed by atoms with Crippen molar-refractivity contribution in [1.29, 1.82) is 0 Å². The number of aliphatic hydroxyl groups excluding tert-OH is 1. The Labute approximate surface area is 141 Å². The summed E-state index contributed by atoms with van der Waals surface area (Å²) < 4.78 is 38.4. The molecule has 0 amide bonds. The van der Waals surface area contributed by atoms with Crippen LogP contribution in [0.25, 0.3) is 0 Å². The Hall–Kier alpha value is -1.08. The van der Waals surface area contributed by atoms with Gasteiger partial charge >= 0.3 is 0 Å². The first-order valence-corrected chi connectivity index (χ1v) is 8.70. The Bertz CT molecular complexity index is 529. The number of halogens is 2. The molecule has 2 heterocycles. The molecule has 1 N–H and O–H groups in total. The minimum Gasteiger partial charge on any atom is -0.387 e. The Morgan fingerprint density at radius 2 is 1.79 bits per heavy atom. The molecule has 2 aliphatic rings. The van der Waals surface area contributed by atoms with Crippen LogP contribution in [0.3, 0.4) is 0 Å². The van der Waals surface area contributed by atoms with Gasteiger partial charge in [-0.15, -0.1) is 0 Å². The van der Waals surface area contributed by atoms with Crippen molar-refractivity contribution < 1.29 is 23.4 Å². The predicted octanol–water partition coefficient (Wildman–Crippen LogP) is 2.66. The molecule has 0 saturated carbocycles. The molecular weight excluding hydrogens is 316 g/mol. The number of aliphatic hydroxyl groups is 1. The fraction of sp³-hybridized carbons (Fsp3) is 0.667. The first-order chi connectivity index (χ1) is 11.6. The number of ether oxygens (including phenoxy) is 2. The summed E-state index contributed by atoms with van der Waals surface area (Å²) in [6.07, 6.45) is 3.23. The van der Waals surface area contributed by atoms with Crippen LogP contribution >= 0.6 is 0 Å². The molecule has 0 aromatic heterocycles. The quantitative estimate of drug-likeness (QED) is 0.894. The van der Waals surface area contributed by atoms with Crippen molar-refractivity contribution in [2.75, 3.05) is 32.8 Å². The van der Waals surface area contributed by atoms with Crippen molar-refractivity contribution >= 4 is 0 Å². The van der Waals surface area contributed by atoms with E-state index in [1.165, 1.54) is 0 Å². The number of rotatable bonds is 5. The monoisotopic (exact) mass is 341 g/mol. The zero-order chi connectivity index (χ0) is 16.9. The Morgan fingerprint density at radius 1 is 1.12 bits per heavy atom. The molecule has 1 aromatic carbocycles. The third-order valence-corrected chi connectivity index (χ3v) is 4.84. The molecule has 6 heteroatoms. The lowest BCUT2D eigenvalue weighted by molar-refractivity contribution is -0.0865. The Kier molecular flexibility index (Phi) is 6.16. The normalized spacial score (nSPS) is 22.6. The molecule has 1 atom stereocenters. The third-order valence-electron chi connectivity index (χ3n) is 4.84. The topological polar surface area (TPSA) is 41.9 Å². The summed E-state index contributed by atoms with van der Waals surface area (Å²) in [6.45, 7) is 3.44. The highest BCUT2D eigenvalue weighted by Gasteiger charge is 2.26. The number of hydrogen-bond acceptors (Lipinski definition) is 4. The Balaban J connectivity index is 1.45. The van der Waals surface area contributed by atoms with Gasteiger partial charge in [0.25, 0.3) is 0 Å². The lowest BCUT2D eigenvalue weighted by Gasteiger charge is -2.35. The SMILES string of the molecule is OC(CN1CCC(OC2CCOCC2)CC1)c1cc(F)ccc1F. The van der Waals surface area contributed by atoms with E-state index in [9.17, 15) is 13.9 Å². The highest BCUT2D eigenvalue weighted by molar-refractivity contribution is 5.21. The van der Waals surface area contributed by atoms with Crippen LogP contribution in [-0.2, 0) is 9.47 Å². The summed E-state index contributed by atoms with van der Waals surface area (Å²) in [7, 11) is 0. The van der Waals surface area contributed by atoms with Gasteiger partial charge < -0.3 is 19.5 Å². The van der Waals surface area contributed by atoms with Crippen LogP contribution in [0.4, 0.5) is 8.78 Å². The number of benzene rings is 1. The van der Waals surface area contributed by atoms with Crippen LogP contribution in [0.15, 0.2) is 18.2 Å². The van der Waals surface area contributed by atoms with Gasteiger partial charge in [-0.1, -0.05) is 0 Å². The second-order valence-electron chi connectivity index (χ2n) is 6.63. The van der Waals surface area contributed by atoms with Crippen molar-refractivity contribution in [3.05, 3.63) is 35.4 Å². The van der Waals surface area contributed by atoms with E-state index < -0.39 is 17.7 Å². The molecule has 2 saturated heterocycles. The number of likely N-dealkylation sites (tertiary alicyclic amines) is 1. The van der Waals surface area contributed by atoms with E-state index in [2.05, 4.69) is 4.90 Å². The molecule has 1 unspecified atom stereocenters. The molecule has 0 spiro atoms. The van der Waals surface area contributed by atoms with Crippen LogP contribution in [0.5, 0.6) is 0 Å². The van der Waals surface area contributed by atoms with Crippen molar-refractivity contribution in [2.24, 2.45) is 0 Å². The van der Waals surface area contributed by atoms with Gasteiger partial charge in [0.1, 0.15) is 11.6 Å². The molecule has 0 radical (unpaired) electrons. The van der Waals surface area contributed by atoms with E-state index in [0.29, 0.717) is 12.6 Å². The third kappa shape index (κ3) is 4.72. The van der Waals surface area contributed by atoms with Crippen molar-refractivity contribution in [3.8, 4) is 0 Å². The van der Waals surface area contributed by atoms with E-state index in [4.69, 9.17) is 9.47 Å². The van der Waals surface area contributed by atoms with Crippen LogP contribution < -0.4 is 0 Å².